The molecule has 0 amide bonds. The first-order valence-electron chi connectivity index (χ1n) is 25.8. The minimum absolute atomic E-state index is 1.10. The molecule has 12 aromatic rings. The Morgan fingerprint density at radius 2 is 0.419 bits per heavy atom. The van der Waals surface area contributed by atoms with Crippen molar-refractivity contribution in [2.75, 3.05) is 9.80 Å². The highest BCUT2D eigenvalue weighted by atomic mass is 15.1. The van der Waals surface area contributed by atoms with Gasteiger partial charge in [-0.3, -0.25) is 0 Å². The molecule has 0 aromatic heterocycles. The van der Waals surface area contributed by atoms with E-state index in [2.05, 4.69) is 292 Å². The van der Waals surface area contributed by atoms with Crippen molar-refractivity contribution in [2.24, 2.45) is 0 Å². The summed E-state index contributed by atoms with van der Waals surface area (Å²) < 4.78 is 0. The van der Waals surface area contributed by atoms with Crippen LogP contribution in [-0.4, -0.2) is 0 Å². The molecule has 1 aliphatic rings. The molecule has 12 aromatic carbocycles. The van der Waals surface area contributed by atoms with Crippen LogP contribution in [0.4, 0.5) is 34.1 Å². The fourth-order valence-electron chi connectivity index (χ4n) is 11.9. The van der Waals surface area contributed by atoms with E-state index >= 15 is 0 Å². The predicted octanol–water partition coefficient (Wildman–Crippen LogP) is 20.5. The number of aryl methyl sites for hydroxylation is 4. The van der Waals surface area contributed by atoms with E-state index in [0.717, 1.165) is 34.1 Å². The van der Waals surface area contributed by atoms with Gasteiger partial charge in [-0.1, -0.05) is 182 Å². The summed E-state index contributed by atoms with van der Waals surface area (Å²) in [6.07, 6.45) is 0. The molecule has 13 rings (SSSR count). The first-order valence-corrected chi connectivity index (χ1v) is 25.8. The molecule has 2 nitrogen and oxygen atoms in total. The van der Waals surface area contributed by atoms with E-state index < -0.39 is 0 Å². The molecular formula is C72H54N2. The maximum absolute atomic E-state index is 2.48. The Balaban J connectivity index is 1.24. The van der Waals surface area contributed by atoms with Crippen molar-refractivity contribution >= 4 is 55.7 Å². The van der Waals surface area contributed by atoms with Gasteiger partial charge in [0.25, 0.3) is 0 Å². The van der Waals surface area contributed by atoms with Crippen LogP contribution >= 0.6 is 0 Å². The van der Waals surface area contributed by atoms with E-state index in [9.17, 15) is 0 Å². The second-order valence-electron chi connectivity index (χ2n) is 19.7. The predicted molar refractivity (Wildman–Crippen MR) is 316 cm³/mol. The average molecular weight is 947 g/mol. The van der Waals surface area contributed by atoms with Crippen LogP contribution in [0.3, 0.4) is 0 Å². The standard InChI is InChI=1S/C72H54N2/c1-47-25-17-21-37-57(47)65-61-43-41-55(73(51-29-9-5-10-30-51)52-31-11-6-12-32-52)45-63(61)67(59-39-23-19-27-49(59)3)71-69(65)70-66(58-38-22-18-26-48(58)2)62-44-42-56(46-64(62)68(72(70)71)60-40-24-20-28-50(60)4)74(53-33-13-7-14-34-53)54-35-15-8-16-36-54/h5-46H,1-4H3. The largest absolute Gasteiger partial charge is 0.310 e. The van der Waals surface area contributed by atoms with Crippen molar-refractivity contribution in [3.8, 4) is 66.8 Å². The van der Waals surface area contributed by atoms with Gasteiger partial charge in [0.15, 0.2) is 0 Å². The van der Waals surface area contributed by atoms with Crippen molar-refractivity contribution in [3.05, 3.63) is 277 Å². The first-order chi connectivity index (χ1) is 36.4. The van der Waals surface area contributed by atoms with E-state index in [1.807, 2.05) is 0 Å². The Morgan fingerprint density at radius 1 is 0.189 bits per heavy atom. The maximum Gasteiger partial charge on any atom is 0.0468 e. The molecule has 1 aliphatic carbocycles. The molecule has 0 radical (unpaired) electrons. The minimum atomic E-state index is 1.10. The van der Waals surface area contributed by atoms with Crippen molar-refractivity contribution in [3.63, 3.8) is 0 Å². The monoisotopic (exact) mass is 946 g/mol. The van der Waals surface area contributed by atoms with Gasteiger partial charge in [-0.05, 0) is 211 Å². The lowest BCUT2D eigenvalue weighted by molar-refractivity contribution is 1.29. The molecular weight excluding hydrogens is 893 g/mol. The van der Waals surface area contributed by atoms with Gasteiger partial charge in [0.2, 0.25) is 0 Å². The summed E-state index contributed by atoms with van der Waals surface area (Å²) in [5.41, 5.74) is 26.9. The van der Waals surface area contributed by atoms with Crippen LogP contribution in [0.5, 0.6) is 0 Å². The van der Waals surface area contributed by atoms with E-state index in [0.29, 0.717) is 0 Å². The zero-order valence-electron chi connectivity index (χ0n) is 42.1. The summed E-state index contributed by atoms with van der Waals surface area (Å²) >= 11 is 0. The lowest BCUT2D eigenvalue weighted by atomic mass is 9.64. The van der Waals surface area contributed by atoms with Gasteiger partial charge in [-0.15, -0.1) is 0 Å². The highest BCUT2D eigenvalue weighted by Gasteiger charge is 2.40. The van der Waals surface area contributed by atoms with E-state index in [-0.39, 0.29) is 0 Å². The van der Waals surface area contributed by atoms with Crippen LogP contribution < -0.4 is 9.80 Å². The summed E-state index contributed by atoms with van der Waals surface area (Å²) in [7, 11) is 0. The molecule has 0 unspecified atom stereocenters. The average Bonchev–Trinajstić information content (AvgIpc) is 3.49. The molecule has 0 bridgehead atoms. The van der Waals surface area contributed by atoms with Crippen LogP contribution in [0, 0.1) is 27.7 Å². The number of hydrogen-bond donors (Lipinski definition) is 0. The number of benzene rings is 12. The molecule has 352 valence electrons. The van der Waals surface area contributed by atoms with Crippen LogP contribution in [0.2, 0.25) is 0 Å². The molecule has 2 heteroatoms. The molecule has 0 atom stereocenters. The second kappa shape index (κ2) is 18.4. The van der Waals surface area contributed by atoms with Gasteiger partial charge >= 0.3 is 0 Å². The molecule has 74 heavy (non-hydrogen) atoms. The lowest BCUT2D eigenvalue weighted by Gasteiger charge is -2.38. The first kappa shape index (κ1) is 44.7. The summed E-state index contributed by atoms with van der Waals surface area (Å²) in [5, 5.41) is 4.91. The van der Waals surface area contributed by atoms with Crippen molar-refractivity contribution in [1.82, 2.24) is 0 Å². The second-order valence-corrected chi connectivity index (χ2v) is 19.7. The zero-order chi connectivity index (χ0) is 49.9. The van der Waals surface area contributed by atoms with Crippen LogP contribution in [0.1, 0.15) is 22.3 Å². The Hall–Kier alpha value is -9.24. The normalized spacial score (nSPS) is 11.5. The summed E-state index contributed by atoms with van der Waals surface area (Å²) in [6.45, 7) is 9.11. The van der Waals surface area contributed by atoms with Crippen molar-refractivity contribution in [2.45, 2.75) is 27.7 Å². The highest BCUT2D eigenvalue weighted by Crippen LogP contribution is 2.67. The third-order valence-electron chi connectivity index (χ3n) is 15.3. The fraction of sp³-hybridized carbons (Fsp3) is 0.0556. The van der Waals surface area contributed by atoms with Gasteiger partial charge in [0.05, 0.1) is 0 Å². The topological polar surface area (TPSA) is 6.48 Å². The quantitative estimate of drug-likeness (QED) is 0.135. The number of para-hydroxylation sites is 4. The van der Waals surface area contributed by atoms with Gasteiger partial charge in [-0.25, -0.2) is 0 Å². The van der Waals surface area contributed by atoms with Gasteiger partial charge in [-0.2, -0.15) is 0 Å². The number of anilines is 6. The number of fused-ring (bicyclic) bond motifs is 6. The SMILES string of the molecule is Cc1ccccc1-c1c2c(c(-c3ccccc3C)c3cc(N(c4ccccc4)c4ccccc4)ccc13)-c1c-2c(-c2ccccc2C)c2ccc(N(c3ccccc3)c3ccccc3)cc2c1-c1ccccc1C. The van der Waals surface area contributed by atoms with Crippen LogP contribution in [0.15, 0.2) is 255 Å². The summed E-state index contributed by atoms with van der Waals surface area (Å²) in [6, 6.07) is 93.7. The maximum atomic E-state index is 2.48. The molecule has 0 N–H and O–H groups in total. The molecule has 0 heterocycles. The third kappa shape index (κ3) is 7.33. The highest BCUT2D eigenvalue weighted by molar-refractivity contribution is 6.34. The molecule has 0 spiro atoms. The van der Waals surface area contributed by atoms with Crippen LogP contribution in [0.25, 0.3) is 88.3 Å². The lowest BCUT2D eigenvalue weighted by Crippen LogP contribution is -2.13. The molecule has 0 aliphatic heterocycles. The molecule has 0 saturated heterocycles. The number of nitrogens with zero attached hydrogens (tertiary/aromatic N) is 2. The van der Waals surface area contributed by atoms with Gasteiger partial charge < -0.3 is 9.80 Å². The minimum Gasteiger partial charge on any atom is -0.310 e. The Morgan fingerprint density at radius 3 is 0.676 bits per heavy atom. The molecule has 0 fully saturated rings. The Bertz CT molecular complexity index is 3750. The van der Waals surface area contributed by atoms with Gasteiger partial charge in [0, 0.05) is 34.1 Å². The third-order valence-corrected chi connectivity index (χ3v) is 15.3. The Labute approximate surface area is 434 Å². The zero-order valence-corrected chi connectivity index (χ0v) is 42.1. The van der Waals surface area contributed by atoms with E-state index in [4.69, 9.17) is 0 Å². The summed E-state index contributed by atoms with van der Waals surface area (Å²) in [5.74, 6) is 0. The Kier molecular flexibility index (Phi) is 11.1. The fourth-order valence-corrected chi connectivity index (χ4v) is 11.9. The van der Waals surface area contributed by atoms with Crippen molar-refractivity contribution < 1.29 is 0 Å². The van der Waals surface area contributed by atoms with Crippen molar-refractivity contribution in [1.29, 1.82) is 0 Å². The van der Waals surface area contributed by atoms with Crippen LogP contribution in [-0.2, 0) is 0 Å². The van der Waals surface area contributed by atoms with E-state index in [1.165, 1.54) is 111 Å². The number of rotatable bonds is 10. The molecule has 0 saturated carbocycles. The van der Waals surface area contributed by atoms with E-state index in [1.54, 1.807) is 0 Å². The smallest absolute Gasteiger partial charge is 0.0468 e. The van der Waals surface area contributed by atoms with Gasteiger partial charge in [0.1, 0.15) is 0 Å². The summed E-state index contributed by atoms with van der Waals surface area (Å²) in [4.78, 5) is 4.80. The number of hydrogen-bond acceptors (Lipinski definition) is 2.